The van der Waals surface area contributed by atoms with Gasteiger partial charge in [0.2, 0.25) is 5.95 Å². The van der Waals surface area contributed by atoms with Crippen LogP contribution in [-0.2, 0) is 0 Å². The van der Waals surface area contributed by atoms with E-state index >= 15 is 0 Å². The van der Waals surface area contributed by atoms with Crippen molar-refractivity contribution >= 4 is 23.4 Å². The number of H-pyrrole nitrogens is 1. The Balaban J connectivity index is 1.70. The first-order valence-corrected chi connectivity index (χ1v) is 7.13. The Hall–Kier alpha value is -2.15. The van der Waals surface area contributed by atoms with Crippen LogP contribution in [0.5, 0.6) is 0 Å². The van der Waals surface area contributed by atoms with Crippen LogP contribution in [0, 0.1) is 0 Å². The molecule has 2 N–H and O–H groups in total. The molecule has 3 rings (SSSR count). The van der Waals surface area contributed by atoms with Crippen molar-refractivity contribution in [2.24, 2.45) is 0 Å². The topological polar surface area (TPSA) is 86.8 Å². The van der Waals surface area contributed by atoms with Gasteiger partial charge >= 0.3 is 0 Å². The molecule has 21 heavy (non-hydrogen) atoms. The molecule has 0 aliphatic carbocycles. The summed E-state index contributed by atoms with van der Waals surface area (Å²) in [5.74, 6) is 1.00. The fourth-order valence-electron chi connectivity index (χ4n) is 2.43. The predicted molar refractivity (Wildman–Crippen MR) is 80.8 cm³/mol. The van der Waals surface area contributed by atoms with Gasteiger partial charge in [-0.3, -0.25) is 4.79 Å². The summed E-state index contributed by atoms with van der Waals surface area (Å²) in [6.07, 6.45) is 8.21. The molecule has 0 spiro atoms. The van der Waals surface area contributed by atoms with Gasteiger partial charge in [-0.05, 0) is 12.8 Å². The molecule has 3 heterocycles. The summed E-state index contributed by atoms with van der Waals surface area (Å²) in [4.78, 5) is 28.9. The lowest BCUT2D eigenvalue weighted by Crippen LogP contribution is -2.44. The van der Waals surface area contributed by atoms with Gasteiger partial charge in [0.15, 0.2) is 5.82 Å². The van der Waals surface area contributed by atoms with E-state index in [0.717, 1.165) is 19.4 Å². The zero-order valence-electron chi connectivity index (χ0n) is 11.3. The van der Waals surface area contributed by atoms with Gasteiger partial charge in [-0.25, -0.2) is 15.0 Å². The normalized spacial score (nSPS) is 18.5. The van der Waals surface area contributed by atoms with Gasteiger partial charge in [0.1, 0.15) is 0 Å². The summed E-state index contributed by atoms with van der Waals surface area (Å²) in [7, 11) is 0. The summed E-state index contributed by atoms with van der Waals surface area (Å²) in [5.41, 5.74) is -0.166. The Labute approximate surface area is 126 Å². The van der Waals surface area contributed by atoms with E-state index in [9.17, 15) is 4.79 Å². The Morgan fingerprint density at radius 1 is 1.33 bits per heavy atom. The molecule has 0 aromatic carbocycles. The standard InChI is InChI=1S/C13H15ClN6O/c14-9-6-17-13(18-7-9)19-10-2-1-5-20(8-10)11-12(21)16-4-3-15-11/h3-4,6-7,10H,1-2,5,8H2,(H,16,21)(H,17,18,19)/t10-/m0/s1. The molecule has 1 aliphatic rings. The van der Waals surface area contributed by atoms with Crippen molar-refractivity contribution in [1.82, 2.24) is 19.9 Å². The number of aromatic nitrogens is 4. The maximum absolute atomic E-state index is 11.8. The lowest BCUT2D eigenvalue weighted by Gasteiger charge is -2.33. The molecule has 7 nitrogen and oxygen atoms in total. The van der Waals surface area contributed by atoms with E-state index in [1.54, 1.807) is 18.6 Å². The van der Waals surface area contributed by atoms with Crippen molar-refractivity contribution in [3.8, 4) is 0 Å². The van der Waals surface area contributed by atoms with E-state index < -0.39 is 0 Å². The summed E-state index contributed by atoms with van der Waals surface area (Å²) in [5, 5.41) is 3.77. The van der Waals surface area contributed by atoms with E-state index in [1.165, 1.54) is 6.20 Å². The van der Waals surface area contributed by atoms with Crippen LogP contribution in [0.25, 0.3) is 0 Å². The maximum atomic E-state index is 11.8. The molecule has 2 aromatic heterocycles. The molecule has 110 valence electrons. The van der Waals surface area contributed by atoms with E-state index in [2.05, 4.69) is 25.3 Å². The second-order valence-electron chi connectivity index (χ2n) is 4.90. The second kappa shape index (κ2) is 6.09. The highest BCUT2D eigenvalue weighted by atomic mass is 35.5. The minimum absolute atomic E-state index is 0.166. The van der Waals surface area contributed by atoms with E-state index in [4.69, 9.17) is 11.6 Å². The molecule has 0 amide bonds. The largest absolute Gasteiger partial charge is 0.350 e. The molecule has 0 radical (unpaired) electrons. The van der Waals surface area contributed by atoms with Gasteiger partial charge in [0, 0.05) is 31.5 Å². The lowest BCUT2D eigenvalue weighted by molar-refractivity contribution is 0.522. The highest BCUT2D eigenvalue weighted by Gasteiger charge is 2.22. The van der Waals surface area contributed by atoms with Crippen molar-refractivity contribution in [3.63, 3.8) is 0 Å². The first kappa shape index (κ1) is 13.8. The molecule has 8 heteroatoms. The van der Waals surface area contributed by atoms with Crippen LogP contribution in [0.1, 0.15) is 12.8 Å². The molecular weight excluding hydrogens is 292 g/mol. The van der Waals surface area contributed by atoms with Crippen LogP contribution in [0.2, 0.25) is 5.02 Å². The van der Waals surface area contributed by atoms with Crippen molar-refractivity contribution in [3.05, 3.63) is 40.2 Å². The fraction of sp³-hybridized carbons (Fsp3) is 0.385. The highest BCUT2D eigenvalue weighted by Crippen LogP contribution is 2.17. The fourth-order valence-corrected chi connectivity index (χ4v) is 2.52. The number of nitrogens with one attached hydrogen (secondary N) is 2. The summed E-state index contributed by atoms with van der Waals surface area (Å²) in [6, 6.07) is 0.168. The monoisotopic (exact) mass is 306 g/mol. The molecule has 0 bridgehead atoms. The van der Waals surface area contributed by atoms with Crippen LogP contribution in [0.4, 0.5) is 11.8 Å². The third-order valence-corrected chi connectivity index (χ3v) is 3.56. The molecular formula is C13H15ClN6O. The van der Waals surface area contributed by atoms with Crippen LogP contribution in [-0.4, -0.2) is 39.1 Å². The van der Waals surface area contributed by atoms with Crippen LogP contribution in [0.15, 0.2) is 29.6 Å². The third-order valence-electron chi connectivity index (χ3n) is 3.36. The minimum Gasteiger partial charge on any atom is -0.350 e. The third kappa shape index (κ3) is 3.30. The number of hydrogen-bond donors (Lipinski definition) is 2. The summed E-state index contributed by atoms with van der Waals surface area (Å²) < 4.78 is 0. The molecule has 2 aromatic rings. The second-order valence-corrected chi connectivity index (χ2v) is 5.33. The molecule has 1 saturated heterocycles. The number of anilines is 2. The Bertz CT molecular complexity index is 658. The van der Waals surface area contributed by atoms with E-state index in [-0.39, 0.29) is 11.6 Å². The number of halogens is 1. The SMILES string of the molecule is O=c1[nH]ccnc1N1CCC[C@H](Nc2ncc(Cl)cn2)C1. The lowest BCUT2D eigenvalue weighted by atomic mass is 10.1. The van der Waals surface area contributed by atoms with Gasteiger partial charge in [0.25, 0.3) is 5.56 Å². The van der Waals surface area contributed by atoms with Gasteiger partial charge in [-0.15, -0.1) is 0 Å². The van der Waals surface area contributed by atoms with Crippen LogP contribution in [0.3, 0.4) is 0 Å². The van der Waals surface area contributed by atoms with Crippen molar-refractivity contribution in [2.45, 2.75) is 18.9 Å². The van der Waals surface area contributed by atoms with Gasteiger partial charge in [0.05, 0.1) is 17.4 Å². The van der Waals surface area contributed by atoms with Gasteiger partial charge < -0.3 is 15.2 Å². The van der Waals surface area contributed by atoms with Gasteiger partial charge in [-0.2, -0.15) is 0 Å². The van der Waals surface area contributed by atoms with Crippen LogP contribution < -0.4 is 15.8 Å². The van der Waals surface area contributed by atoms with Gasteiger partial charge in [-0.1, -0.05) is 11.6 Å². The first-order valence-electron chi connectivity index (χ1n) is 6.75. The van der Waals surface area contributed by atoms with E-state index in [0.29, 0.717) is 23.3 Å². The highest BCUT2D eigenvalue weighted by molar-refractivity contribution is 6.30. The molecule has 1 atom stereocenters. The number of rotatable bonds is 3. The van der Waals surface area contributed by atoms with Crippen molar-refractivity contribution < 1.29 is 0 Å². The average molecular weight is 307 g/mol. The number of nitrogens with zero attached hydrogens (tertiary/aromatic N) is 4. The van der Waals surface area contributed by atoms with Crippen molar-refractivity contribution in [2.75, 3.05) is 23.3 Å². The first-order chi connectivity index (χ1) is 10.2. The molecule has 0 saturated carbocycles. The smallest absolute Gasteiger partial charge is 0.290 e. The predicted octanol–water partition coefficient (Wildman–Crippen LogP) is 1.29. The minimum atomic E-state index is -0.166. The molecule has 1 fully saturated rings. The Morgan fingerprint density at radius 3 is 2.90 bits per heavy atom. The average Bonchev–Trinajstić information content (AvgIpc) is 2.50. The Morgan fingerprint density at radius 2 is 2.14 bits per heavy atom. The quantitative estimate of drug-likeness (QED) is 0.888. The zero-order valence-corrected chi connectivity index (χ0v) is 12.0. The Kier molecular flexibility index (Phi) is 4.01. The van der Waals surface area contributed by atoms with Crippen LogP contribution >= 0.6 is 11.6 Å². The zero-order chi connectivity index (χ0) is 14.7. The maximum Gasteiger partial charge on any atom is 0.290 e. The van der Waals surface area contributed by atoms with Crippen molar-refractivity contribution in [1.29, 1.82) is 0 Å². The summed E-state index contributed by atoms with van der Waals surface area (Å²) in [6.45, 7) is 1.51. The number of piperidine rings is 1. The molecule has 1 aliphatic heterocycles. The summed E-state index contributed by atoms with van der Waals surface area (Å²) >= 11 is 5.77. The molecule has 0 unspecified atom stereocenters. The van der Waals surface area contributed by atoms with E-state index in [1.807, 2.05) is 4.90 Å². The number of hydrogen-bond acceptors (Lipinski definition) is 6. The number of aromatic amines is 1.